The van der Waals surface area contributed by atoms with E-state index in [-0.39, 0.29) is 17.7 Å². The van der Waals surface area contributed by atoms with E-state index in [0.717, 1.165) is 19.5 Å². The minimum atomic E-state index is -0.151. The van der Waals surface area contributed by atoms with Crippen molar-refractivity contribution in [2.24, 2.45) is 11.8 Å². The SMILES string of the molecule is CCN1C[C@@H](C(=O)N2CC[C@H](COCc3ccccc3)C2)CC1=O. The summed E-state index contributed by atoms with van der Waals surface area (Å²) in [6, 6.07) is 10.1. The first-order chi connectivity index (χ1) is 11.7. The molecular formula is C19H26N2O3. The van der Waals surface area contributed by atoms with E-state index in [0.29, 0.717) is 38.6 Å². The van der Waals surface area contributed by atoms with Gasteiger partial charge in [0.1, 0.15) is 0 Å². The Kier molecular flexibility index (Phi) is 5.51. The van der Waals surface area contributed by atoms with E-state index in [2.05, 4.69) is 12.1 Å². The number of benzene rings is 1. The monoisotopic (exact) mass is 330 g/mol. The highest BCUT2D eigenvalue weighted by Gasteiger charge is 2.37. The second kappa shape index (κ2) is 7.79. The van der Waals surface area contributed by atoms with Crippen molar-refractivity contribution in [2.45, 2.75) is 26.4 Å². The third-order valence-corrected chi connectivity index (χ3v) is 5.01. The molecule has 3 rings (SSSR count). The van der Waals surface area contributed by atoms with Crippen LogP contribution in [0.25, 0.3) is 0 Å². The minimum absolute atomic E-state index is 0.109. The lowest BCUT2D eigenvalue weighted by Crippen LogP contribution is -2.36. The lowest BCUT2D eigenvalue weighted by atomic mass is 10.1. The normalized spacial score (nSPS) is 24.0. The van der Waals surface area contributed by atoms with Crippen molar-refractivity contribution in [2.75, 3.05) is 32.8 Å². The van der Waals surface area contributed by atoms with Crippen molar-refractivity contribution in [3.63, 3.8) is 0 Å². The summed E-state index contributed by atoms with van der Waals surface area (Å²) in [4.78, 5) is 28.1. The molecule has 2 aliphatic rings. The molecule has 2 saturated heterocycles. The molecule has 24 heavy (non-hydrogen) atoms. The van der Waals surface area contributed by atoms with Crippen molar-refractivity contribution in [1.82, 2.24) is 9.80 Å². The molecule has 5 heteroatoms. The molecule has 0 aliphatic carbocycles. The molecule has 2 heterocycles. The highest BCUT2D eigenvalue weighted by molar-refractivity contribution is 5.89. The van der Waals surface area contributed by atoms with Crippen LogP contribution >= 0.6 is 0 Å². The molecule has 0 aromatic heterocycles. The standard InChI is InChI=1S/C19H26N2O3/c1-2-20-12-17(10-18(20)22)19(23)21-9-8-16(11-21)14-24-13-15-6-4-3-5-7-15/h3-7,16-17H,2,8-14H2,1H3/t16-,17-/m0/s1. The van der Waals surface area contributed by atoms with Gasteiger partial charge in [-0.05, 0) is 18.9 Å². The molecule has 2 atom stereocenters. The fourth-order valence-corrected chi connectivity index (χ4v) is 3.59. The smallest absolute Gasteiger partial charge is 0.228 e. The number of carbonyl (C=O) groups is 2. The molecule has 0 radical (unpaired) electrons. The van der Waals surface area contributed by atoms with Crippen LogP contribution in [-0.4, -0.2) is 54.4 Å². The van der Waals surface area contributed by atoms with Crippen LogP contribution in [-0.2, 0) is 20.9 Å². The molecule has 0 saturated carbocycles. The van der Waals surface area contributed by atoms with Crippen LogP contribution in [0.1, 0.15) is 25.3 Å². The number of ether oxygens (including phenoxy) is 1. The average molecular weight is 330 g/mol. The fourth-order valence-electron chi connectivity index (χ4n) is 3.59. The van der Waals surface area contributed by atoms with Gasteiger partial charge in [-0.1, -0.05) is 30.3 Å². The fraction of sp³-hybridized carbons (Fsp3) is 0.579. The molecule has 5 nitrogen and oxygen atoms in total. The topological polar surface area (TPSA) is 49.9 Å². The molecule has 0 spiro atoms. The van der Waals surface area contributed by atoms with Crippen molar-refractivity contribution >= 4 is 11.8 Å². The summed E-state index contributed by atoms with van der Waals surface area (Å²) in [6.07, 6.45) is 1.36. The first kappa shape index (κ1) is 17.0. The van der Waals surface area contributed by atoms with Gasteiger partial charge in [0.25, 0.3) is 0 Å². The largest absolute Gasteiger partial charge is 0.376 e. The molecule has 2 fully saturated rings. The summed E-state index contributed by atoms with van der Waals surface area (Å²) in [5.74, 6) is 0.501. The molecule has 2 amide bonds. The van der Waals surface area contributed by atoms with Crippen LogP contribution in [0, 0.1) is 11.8 Å². The van der Waals surface area contributed by atoms with Crippen LogP contribution in [0.5, 0.6) is 0 Å². The third-order valence-electron chi connectivity index (χ3n) is 5.01. The van der Waals surface area contributed by atoms with Gasteiger partial charge in [-0.25, -0.2) is 0 Å². The zero-order chi connectivity index (χ0) is 16.9. The number of hydrogen-bond acceptors (Lipinski definition) is 3. The highest BCUT2D eigenvalue weighted by Crippen LogP contribution is 2.24. The molecular weight excluding hydrogens is 304 g/mol. The lowest BCUT2D eigenvalue weighted by molar-refractivity contribution is -0.135. The number of nitrogens with zero attached hydrogens (tertiary/aromatic N) is 2. The van der Waals surface area contributed by atoms with Crippen molar-refractivity contribution in [3.05, 3.63) is 35.9 Å². The zero-order valence-corrected chi connectivity index (χ0v) is 14.3. The molecule has 1 aromatic carbocycles. The van der Waals surface area contributed by atoms with E-state index in [4.69, 9.17) is 4.74 Å². The van der Waals surface area contributed by atoms with Gasteiger partial charge in [0.05, 0.1) is 19.1 Å². The average Bonchev–Trinajstić information content (AvgIpc) is 3.22. The van der Waals surface area contributed by atoms with Crippen LogP contribution in [0.3, 0.4) is 0 Å². The number of rotatable bonds is 6. The molecule has 2 aliphatic heterocycles. The summed E-state index contributed by atoms with van der Waals surface area (Å²) in [6.45, 7) is 6.08. The van der Waals surface area contributed by atoms with Gasteiger partial charge in [-0.15, -0.1) is 0 Å². The van der Waals surface area contributed by atoms with Crippen molar-refractivity contribution in [3.8, 4) is 0 Å². The van der Waals surface area contributed by atoms with E-state index in [9.17, 15) is 9.59 Å². The van der Waals surface area contributed by atoms with Gasteiger partial charge in [0.15, 0.2) is 0 Å². The van der Waals surface area contributed by atoms with Gasteiger partial charge >= 0.3 is 0 Å². The Morgan fingerprint density at radius 2 is 2.04 bits per heavy atom. The molecule has 0 bridgehead atoms. The molecule has 1 aromatic rings. The minimum Gasteiger partial charge on any atom is -0.376 e. The predicted octanol–water partition coefficient (Wildman–Crippen LogP) is 1.92. The zero-order valence-electron chi connectivity index (χ0n) is 14.3. The second-order valence-corrected chi connectivity index (χ2v) is 6.77. The maximum absolute atomic E-state index is 12.6. The van der Waals surface area contributed by atoms with Gasteiger partial charge in [-0.3, -0.25) is 9.59 Å². The van der Waals surface area contributed by atoms with Crippen LogP contribution in [0.2, 0.25) is 0 Å². The van der Waals surface area contributed by atoms with E-state index in [1.54, 1.807) is 4.90 Å². The molecule has 0 N–H and O–H groups in total. The Bertz CT molecular complexity index is 575. The Hall–Kier alpha value is -1.88. The summed E-state index contributed by atoms with van der Waals surface area (Å²) < 4.78 is 5.81. The van der Waals surface area contributed by atoms with Crippen molar-refractivity contribution < 1.29 is 14.3 Å². The van der Waals surface area contributed by atoms with Gasteiger partial charge in [0.2, 0.25) is 11.8 Å². The maximum Gasteiger partial charge on any atom is 0.228 e. The quantitative estimate of drug-likeness (QED) is 0.801. The Balaban J connectivity index is 1.42. The first-order valence-electron chi connectivity index (χ1n) is 8.85. The Labute approximate surface area is 143 Å². The summed E-state index contributed by atoms with van der Waals surface area (Å²) in [7, 11) is 0. The van der Waals surface area contributed by atoms with Gasteiger partial charge in [0, 0.05) is 38.5 Å². The maximum atomic E-state index is 12.6. The molecule has 130 valence electrons. The predicted molar refractivity (Wildman–Crippen MR) is 91.1 cm³/mol. The Morgan fingerprint density at radius 1 is 1.25 bits per heavy atom. The van der Waals surface area contributed by atoms with E-state index in [1.807, 2.05) is 30.0 Å². The summed E-state index contributed by atoms with van der Waals surface area (Å²) in [5, 5.41) is 0. The van der Waals surface area contributed by atoms with E-state index in [1.165, 1.54) is 5.56 Å². The highest BCUT2D eigenvalue weighted by atomic mass is 16.5. The second-order valence-electron chi connectivity index (χ2n) is 6.77. The third kappa shape index (κ3) is 3.96. The van der Waals surface area contributed by atoms with E-state index < -0.39 is 0 Å². The summed E-state index contributed by atoms with van der Waals surface area (Å²) >= 11 is 0. The van der Waals surface area contributed by atoms with Crippen LogP contribution in [0.4, 0.5) is 0 Å². The summed E-state index contributed by atoms with van der Waals surface area (Å²) in [5.41, 5.74) is 1.17. The number of amides is 2. The number of hydrogen-bond donors (Lipinski definition) is 0. The Morgan fingerprint density at radius 3 is 2.75 bits per heavy atom. The first-order valence-corrected chi connectivity index (χ1v) is 8.85. The number of likely N-dealkylation sites (tertiary alicyclic amines) is 2. The van der Waals surface area contributed by atoms with E-state index >= 15 is 0 Å². The lowest BCUT2D eigenvalue weighted by Gasteiger charge is -2.20. The van der Waals surface area contributed by atoms with Crippen LogP contribution < -0.4 is 0 Å². The number of carbonyl (C=O) groups excluding carboxylic acids is 2. The van der Waals surface area contributed by atoms with Gasteiger partial charge < -0.3 is 14.5 Å². The van der Waals surface area contributed by atoms with Crippen LogP contribution in [0.15, 0.2) is 30.3 Å². The van der Waals surface area contributed by atoms with Crippen molar-refractivity contribution in [1.29, 1.82) is 0 Å². The van der Waals surface area contributed by atoms with Gasteiger partial charge in [-0.2, -0.15) is 0 Å². The molecule has 0 unspecified atom stereocenters.